The minimum absolute atomic E-state index is 0.339. The van der Waals surface area contributed by atoms with Crippen LogP contribution in [0.4, 0.5) is 5.95 Å². The van der Waals surface area contributed by atoms with Crippen LogP contribution in [0.25, 0.3) is 5.69 Å². The number of aromatic nitrogens is 2. The van der Waals surface area contributed by atoms with E-state index in [4.69, 9.17) is 10.1 Å². The lowest BCUT2D eigenvalue weighted by atomic mass is 10.3. The van der Waals surface area contributed by atoms with Crippen LogP contribution in [0, 0.1) is 5.41 Å². The summed E-state index contributed by atoms with van der Waals surface area (Å²) in [5.74, 6) is 1.35. The van der Waals surface area contributed by atoms with Gasteiger partial charge in [0, 0.05) is 17.2 Å². The zero-order valence-electron chi connectivity index (χ0n) is 12.4. The minimum atomic E-state index is 0.339. The Morgan fingerprint density at radius 1 is 1.38 bits per heavy atom. The van der Waals surface area contributed by atoms with Crippen molar-refractivity contribution in [2.24, 2.45) is 5.10 Å². The monoisotopic (exact) mass is 305 g/mol. The van der Waals surface area contributed by atoms with Gasteiger partial charge in [0.05, 0.1) is 12.3 Å². The summed E-state index contributed by atoms with van der Waals surface area (Å²) in [5.41, 5.74) is 4.75. The summed E-state index contributed by atoms with van der Waals surface area (Å²) < 4.78 is 11.4. The number of hydrogen-bond acceptors (Lipinski definition) is 6. The fourth-order valence-electron chi connectivity index (χ4n) is 1.66. The predicted molar refractivity (Wildman–Crippen MR) is 85.5 cm³/mol. The molecular weight excluding hydrogens is 286 g/mol. The molecule has 2 rings (SSSR count). The third-order valence-electron chi connectivity index (χ3n) is 2.90. The molecule has 0 unspecified atom stereocenters. The van der Waals surface area contributed by atoms with Crippen LogP contribution in [-0.2, 0) is 0 Å². The Morgan fingerprint density at radius 3 is 2.71 bits per heavy atom. The molecule has 7 heteroatoms. The van der Waals surface area contributed by atoms with Gasteiger partial charge >= 0.3 is 0 Å². The van der Waals surface area contributed by atoms with Crippen LogP contribution in [0.5, 0.6) is 5.75 Å². The molecule has 0 bridgehead atoms. The molecule has 0 aliphatic rings. The number of nitrogens with zero attached hydrogens (tertiary/aromatic N) is 3. The van der Waals surface area contributed by atoms with Crippen molar-refractivity contribution in [2.75, 3.05) is 12.0 Å². The topological polar surface area (TPSA) is 75.3 Å². The first-order valence-corrected chi connectivity index (χ1v) is 7.58. The molecule has 2 N–H and O–H groups in total. The standard InChI is InChI=1S/C14H19N5OS/c1-4-10(3)16-17-14-18-21-13(15)19(14)11-6-8-12(9-7-11)20-5-2/h6-9,15H,4-5H2,1-3H3,(H,17,18). The summed E-state index contributed by atoms with van der Waals surface area (Å²) in [6.07, 6.45) is 0.869. The van der Waals surface area contributed by atoms with Crippen LogP contribution in [0.3, 0.4) is 0 Å². The van der Waals surface area contributed by atoms with Crippen molar-refractivity contribution >= 4 is 23.2 Å². The summed E-state index contributed by atoms with van der Waals surface area (Å²) in [7, 11) is 0. The Kier molecular flexibility index (Phi) is 5.10. The molecule has 0 saturated heterocycles. The van der Waals surface area contributed by atoms with E-state index in [-0.39, 0.29) is 0 Å². The molecule has 21 heavy (non-hydrogen) atoms. The van der Waals surface area contributed by atoms with E-state index >= 15 is 0 Å². The second-order valence-electron chi connectivity index (χ2n) is 4.39. The van der Waals surface area contributed by atoms with Crippen LogP contribution in [0.15, 0.2) is 29.4 Å². The highest BCUT2D eigenvalue weighted by atomic mass is 32.1. The summed E-state index contributed by atoms with van der Waals surface area (Å²) in [4.78, 5) is 0.339. The highest BCUT2D eigenvalue weighted by molar-refractivity contribution is 7.03. The molecule has 0 saturated carbocycles. The largest absolute Gasteiger partial charge is 0.494 e. The van der Waals surface area contributed by atoms with Gasteiger partial charge in [-0.2, -0.15) is 9.47 Å². The van der Waals surface area contributed by atoms with Crippen molar-refractivity contribution < 1.29 is 4.74 Å². The lowest BCUT2D eigenvalue weighted by molar-refractivity contribution is 0.340. The Bertz CT molecular complexity index is 671. The molecule has 1 aromatic carbocycles. The van der Waals surface area contributed by atoms with Crippen LogP contribution in [-0.4, -0.2) is 21.3 Å². The van der Waals surface area contributed by atoms with Crippen molar-refractivity contribution in [3.8, 4) is 11.4 Å². The third kappa shape index (κ3) is 3.69. The molecule has 0 aliphatic carbocycles. The zero-order chi connectivity index (χ0) is 15.2. The lowest BCUT2D eigenvalue weighted by Crippen LogP contribution is -2.13. The van der Waals surface area contributed by atoms with Crippen molar-refractivity contribution in [1.29, 1.82) is 5.41 Å². The van der Waals surface area contributed by atoms with Gasteiger partial charge in [0.25, 0.3) is 0 Å². The maximum Gasteiger partial charge on any atom is 0.241 e. The number of anilines is 1. The smallest absolute Gasteiger partial charge is 0.241 e. The number of ether oxygens (including phenoxy) is 1. The highest BCUT2D eigenvalue weighted by Crippen LogP contribution is 2.17. The Balaban J connectivity index is 2.30. The molecule has 6 nitrogen and oxygen atoms in total. The second kappa shape index (κ2) is 7.03. The number of rotatable bonds is 6. The fourth-order valence-corrected chi connectivity index (χ4v) is 2.23. The molecule has 0 fully saturated rings. The van der Waals surface area contributed by atoms with Gasteiger partial charge in [-0.1, -0.05) is 6.92 Å². The molecule has 0 atom stereocenters. The first-order chi connectivity index (χ1) is 10.2. The summed E-state index contributed by atoms with van der Waals surface area (Å²) in [6, 6.07) is 7.57. The molecule has 0 amide bonds. The normalized spacial score (nSPS) is 11.5. The van der Waals surface area contributed by atoms with Gasteiger partial charge in [-0.15, -0.1) is 0 Å². The van der Waals surface area contributed by atoms with E-state index in [1.165, 1.54) is 0 Å². The molecule has 0 spiro atoms. The second-order valence-corrected chi connectivity index (χ2v) is 5.14. The highest BCUT2D eigenvalue weighted by Gasteiger charge is 2.08. The van der Waals surface area contributed by atoms with Gasteiger partial charge in [-0.25, -0.2) is 5.43 Å². The molecule has 0 radical (unpaired) electrons. The van der Waals surface area contributed by atoms with Crippen molar-refractivity contribution in [1.82, 2.24) is 8.94 Å². The zero-order valence-corrected chi connectivity index (χ0v) is 13.2. The van der Waals surface area contributed by atoms with E-state index in [2.05, 4.69) is 14.9 Å². The van der Waals surface area contributed by atoms with Gasteiger partial charge in [-0.05, 0) is 44.5 Å². The average Bonchev–Trinajstić information content (AvgIpc) is 2.87. The summed E-state index contributed by atoms with van der Waals surface area (Å²) >= 11 is 1.12. The van der Waals surface area contributed by atoms with E-state index < -0.39 is 0 Å². The van der Waals surface area contributed by atoms with Gasteiger partial charge < -0.3 is 4.74 Å². The average molecular weight is 305 g/mol. The van der Waals surface area contributed by atoms with Crippen LogP contribution in [0.2, 0.25) is 0 Å². The molecule has 112 valence electrons. The summed E-state index contributed by atoms with van der Waals surface area (Å²) in [6.45, 7) is 6.57. The van der Waals surface area contributed by atoms with Gasteiger partial charge in [0.15, 0.2) is 0 Å². The minimum Gasteiger partial charge on any atom is -0.494 e. The van der Waals surface area contributed by atoms with E-state index in [1.807, 2.05) is 45.0 Å². The van der Waals surface area contributed by atoms with Crippen LogP contribution < -0.4 is 15.0 Å². The molecule has 1 aromatic heterocycles. The maximum atomic E-state index is 7.99. The maximum absolute atomic E-state index is 7.99. The summed E-state index contributed by atoms with van der Waals surface area (Å²) in [5, 5.41) is 12.2. The molecule has 2 aromatic rings. The molecular formula is C14H19N5OS. The predicted octanol–water partition coefficient (Wildman–Crippen LogP) is 3.01. The van der Waals surface area contributed by atoms with E-state index in [1.54, 1.807) is 4.57 Å². The number of nitrogens with one attached hydrogen (secondary N) is 2. The van der Waals surface area contributed by atoms with Crippen molar-refractivity contribution in [2.45, 2.75) is 27.2 Å². The number of hydrazone groups is 1. The van der Waals surface area contributed by atoms with Crippen molar-refractivity contribution in [3.05, 3.63) is 29.1 Å². The van der Waals surface area contributed by atoms with Crippen molar-refractivity contribution in [3.63, 3.8) is 0 Å². The first kappa shape index (κ1) is 15.2. The fraction of sp³-hybridized carbons (Fsp3) is 0.357. The Morgan fingerprint density at radius 2 is 2.10 bits per heavy atom. The van der Waals surface area contributed by atoms with E-state index in [9.17, 15) is 0 Å². The van der Waals surface area contributed by atoms with E-state index in [0.29, 0.717) is 17.4 Å². The first-order valence-electron chi connectivity index (χ1n) is 6.81. The van der Waals surface area contributed by atoms with Gasteiger partial charge in [0.1, 0.15) is 5.75 Å². The van der Waals surface area contributed by atoms with Gasteiger partial charge in [0.2, 0.25) is 10.7 Å². The number of hydrogen-bond donors (Lipinski definition) is 2. The Labute approximate surface area is 127 Å². The van der Waals surface area contributed by atoms with E-state index in [0.717, 1.165) is 35.1 Å². The third-order valence-corrected chi connectivity index (χ3v) is 3.52. The van der Waals surface area contributed by atoms with Crippen LogP contribution in [0.1, 0.15) is 27.2 Å². The lowest BCUT2D eigenvalue weighted by Gasteiger charge is -2.08. The SMILES string of the molecule is CCOc1ccc(-n2c(NN=C(C)CC)nsc2=N)cc1. The Hall–Kier alpha value is -2.15. The number of benzene rings is 1. The van der Waals surface area contributed by atoms with Crippen LogP contribution >= 0.6 is 11.5 Å². The quantitative estimate of drug-likeness (QED) is 0.636. The van der Waals surface area contributed by atoms with Gasteiger partial charge in [-0.3, -0.25) is 9.98 Å². The molecule has 0 aliphatic heterocycles. The molecule has 1 heterocycles.